The van der Waals surface area contributed by atoms with E-state index in [0.29, 0.717) is 11.3 Å². The maximum atomic E-state index is 14.7. The molecular formula is C59H70N2O23S. The second kappa shape index (κ2) is 30.8. The molecule has 25 nitrogen and oxygen atoms in total. The molecule has 26 heteroatoms. The second-order valence-corrected chi connectivity index (χ2v) is 21.6. The second-order valence-electron chi connectivity index (χ2n) is 20.3. The van der Waals surface area contributed by atoms with Crippen LogP contribution >= 0.6 is 11.8 Å². The zero-order valence-electron chi connectivity index (χ0n) is 48.1. The van der Waals surface area contributed by atoms with E-state index >= 15 is 0 Å². The number of nitrogens with one attached hydrogen (secondary N) is 1. The molecule has 4 aliphatic heterocycles. The van der Waals surface area contributed by atoms with Gasteiger partial charge < -0.3 is 71.7 Å². The van der Waals surface area contributed by atoms with Gasteiger partial charge in [0, 0.05) is 48.0 Å². The number of nitrogens with zero attached hydrogens (tertiary/aromatic N) is 1. The van der Waals surface area contributed by atoms with Crippen LogP contribution in [0.1, 0.15) is 100 Å². The highest BCUT2D eigenvalue weighted by Gasteiger charge is 2.60. The van der Waals surface area contributed by atoms with Crippen molar-refractivity contribution in [2.24, 2.45) is 0 Å². The lowest BCUT2D eigenvalue weighted by atomic mass is 9.93. The summed E-state index contributed by atoms with van der Waals surface area (Å²) >= 11 is 1.27. The first-order valence-electron chi connectivity index (χ1n) is 27.5. The molecule has 3 aromatic rings. The number of rotatable bonds is 26. The molecule has 0 saturated carbocycles. The van der Waals surface area contributed by atoms with Crippen LogP contribution in [0.15, 0.2) is 84.9 Å². The van der Waals surface area contributed by atoms with E-state index in [4.69, 9.17) is 61.6 Å². The summed E-state index contributed by atoms with van der Waals surface area (Å²) in [5.41, 5.74) is 0.646. The Hall–Kier alpha value is -7.17. The first-order valence-corrected chi connectivity index (χ1v) is 28.6. The summed E-state index contributed by atoms with van der Waals surface area (Å²) < 4.78 is 81.7. The molecule has 3 saturated heterocycles. The minimum atomic E-state index is -2.00. The molecule has 85 heavy (non-hydrogen) atoms. The number of Topliss-reactive ketones (excluding diaryl/α,β-unsaturated/α-hetero) is 1. The lowest BCUT2D eigenvalue weighted by Crippen LogP contribution is -2.70. The first-order chi connectivity index (χ1) is 40.6. The Kier molecular flexibility index (Phi) is 23.7. The summed E-state index contributed by atoms with van der Waals surface area (Å²) in [6.07, 6.45) is -21.2. The third kappa shape index (κ3) is 17.5. The predicted molar refractivity (Wildman–Crippen MR) is 293 cm³/mol. The topological polar surface area (TPSA) is 306 Å². The summed E-state index contributed by atoms with van der Waals surface area (Å²) in [6, 6.07) is 21.5. The molecule has 0 bridgehead atoms. The molecule has 7 rings (SSSR count). The highest BCUT2D eigenvalue weighted by Crippen LogP contribution is 2.42. The van der Waals surface area contributed by atoms with Crippen molar-refractivity contribution in [3.05, 3.63) is 107 Å². The van der Waals surface area contributed by atoms with Gasteiger partial charge in [0.1, 0.15) is 73.1 Å². The molecule has 460 valence electrons. The number of benzene rings is 3. The van der Waals surface area contributed by atoms with Gasteiger partial charge in [-0.3, -0.25) is 48.1 Å². The summed E-state index contributed by atoms with van der Waals surface area (Å²) in [7, 11) is 0. The number of hydrogen-bond acceptors (Lipinski definition) is 24. The number of carbonyl (C=O) groups is 10. The van der Waals surface area contributed by atoms with Crippen molar-refractivity contribution >= 4 is 71.1 Å². The fraction of sp³-hybridized carbons (Fsp3) is 0.525. The Bertz CT molecular complexity index is 2820. The fourth-order valence-electron chi connectivity index (χ4n) is 10.2. The number of fused-ring (bicyclic) bond motifs is 1. The number of hydrogen-bond donors (Lipinski definition) is 1. The average molecular weight is 1210 g/mol. The molecule has 4 heterocycles. The minimum Gasteiger partial charge on any atom is -0.463 e. The zero-order valence-corrected chi connectivity index (χ0v) is 49.0. The van der Waals surface area contributed by atoms with Crippen LogP contribution in [0.2, 0.25) is 0 Å². The molecule has 4 aliphatic rings. The Balaban J connectivity index is 1.43. The van der Waals surface area contributed by atoms with E-state index in [1.54, 1.807) is 42.5 Å². The van der Waals surface area contributed by atoms with E-state index in [-0.39, 0.29) is 37.4 Å². The molecule has 0 radical (unpaired) electrons. The number of thioether (sulfide) groups is 1. The van der Waals surface area contributed by atoms with Crippen molar-refractivity contribution in [2.45, 2.75) is 173 Å². The van der Waals surface area contributed by atoms with Gasteiger partial charge in [-0.05, 0) is 35.9 Å². The van der Waals surface area contributed by atoms with Gasteiger partial charge in [0.15, 0.2) is 37.0 Å². The molecule has 1 N–H and O–H groups in total. The van der Waals surface area contributed by atoms with E-state index in [0.717, 1.165) is 52.0 Å². The molecule has 0 aliphatic carbocycles. The molecular weight excluding hydrogens is 1140 g/mol. The van der Waals surface area contributed by atoms with Crippen LogP contribution in [0.4, 0.5) is 0 Å². The molecule has 3 amide bonds. The van der Waals surface area contributed by atoms with Crippen molar-refractivity contribution in [1.29, 1.82) is 0 Å². The Labute approximate surface area is 494 Å². The number of amides is 3. The van der Waals surface area contributed by atoms with Gasteiger partial charge in [0.05, 0.1) is 37.4 Å². The third-order valence-corrected chi connectivity index (χ3v) is 14.7. The van der Waals surface area contributed by atoms with E-state index in [1.165, 1.54) is 30.8 Å². The number of ether oxygens (including phenoxy) is 13. The van der Waals surface area contributed by atoms with Crippen LogP contribution in [0, 0.1) is 0 Å². The summed E-state index contributed by atoms with van der Waals surface area (Å²) in [6.45, 7) is 7.74. The molecule has 3 fully saturated rings. The molecule has 0 unspecified atom stereocenters. The Morgan fingerprint density at radius 2 is 1.01 bits per heavy atom. The Morgan fingerprint density at radius 3 is 1.53 bits per heavy atom. The van der Waals surface area contributed by atoms with Gasteiger partial charge in [-0.15, -0.1) is 11.8 Å². The molecule has 3 aromatic carbocycles. The van der Waals surface area contributed by atoms with Gasteiger partial charge in [-0.25, -0.2) is 0 Å². The summed E-state index contributed by atoms with van der Waals surface area (Å²) in [5, 5.41) is 2.61. The highest BCUT2D eigenvalue weighted by molar-refractivity contribution is 7.99. The van der Waals surface area contributed by atoms with Crippen molar-refractivity contribution in [1.82, 2.24) is 10.2 Å². The first kappa shape index (κ1) is 65.4. The lowest BCUT2D eigenvalue weighted by molar-refractivity contribution is -0.366. The van der Waals surface area contributed by atoms with Crippen LogP contribution < -0.4 is 5.32 Å². The number of carbonyl (C=O) groups excluding carboxylic acids is 10. The minimum absolute atomic E-state index is 0.0547. The average Bonchev–Trinajstić information content (AvgIpc) is 1.83. The van der Waals surface area contributed by atoms with Gasteiger partial charge in [-0.1, -0.05) is 79.7 Å². The highest BCUT2D eigenvalue weighted by atomic mass is 32.2. The maximum Gasteiger partial charge on any atom is 0.306 e. The largest absolute Gasteiger partial charge is 0.463 e. The van der Waals surface area contributed by atoms with Crippen molar-refractivity contribution in [3.63, 3.8) is 0 Å². The van der Waals surface area contributed by atoms with Gasteiger partial charge >= 0.3 is 35.8 Å². The van der Waals surface area contributed by atoms with Crippen molar-refractivity contribution in [2.75, 3.05) is 25.6 Å². The van der Waals surface area contributed by atoms with E-state index in [9.17, 15) is 47.9 Å². The third-order valence-electron chi connectivity index (χ3n) is 13.7. The van der Waals surface area contributed by atoms with Crippen LogP contribution in [0.25, 0.3) is 0 Å². The zero-order chi connectivity index (χ0) is 61.5. The standard InChI is InChI=1S/C59H70N2O23S/c1-9-85-59-47(61-55(70)40-22-16-17-23-41(40)56(61)71)52(75-27-39-20-14-11-15-21-39)49(42(81-59)28-72-26-38-18-12-10-13-19-38)83-58-54(82-45(69)25-24-31(2)62)53(50(77-36(7)67)44(80-58)30-74-34(5)65)84-57-46(60-32(3)63)51(78-37(8)68)48(76-35(6)66)43(79-57)29-73-33(4)64/h10-23,42-44,46-54,57-59H,9,24-30H2,1-8H3,(H,60,63)/t42-,43-,44-,46-,47-,48+,49-,50+,51-,52-,53+,54-,57-,58+,59+/m1/s1. The number of imide groups is 1. The lowest BCUT2D eigenvalue weighted by Gasteiger charge is -2.52. The van der Waals surface area contributed by atoms with E-state index in [2.05, 4.69) is 5.32 Å². The van der Waals surface area contributed by atoms with Crippen LogP contribution in [-0.4, -0.2) is 181 Å². The SMILES string of the molecule is CCS[C@@H]1O[C@H](COCc2ccccc2)[C@@H](O[C@@H]2O[C@H](COC(C)=O)[C@H](OC(C)=O)[C@H](O[C@H]3O[C@H](COC(C)=O)[C@H](OC(C)=O)[C@H](OC(C)=O)[C@H]3NC(C)=O)[C@H]2OC(=O)CCC(C)=O)[C@H](OCc2ccccc2)[C@H]1N1C(=O)c2ccccc2C1=O. The summed E-state index contributed by atoms with van der Waals surface area (Å²) in [5.74, 6) is -7.63. The number of esters is 6. The fourth-order valence-corrected chi connectivity index (χ4v) is 11.2. The van der Waals surface area contributed by atoms with Crippen LogP contribution in [-0.2, 0) is 113 Å². The number of ketones is 1. The molecule has 0 aromatic heterocycles. The Morgan fingerprint density at radius 1 is 0.518 bits per heavy atom. The van der Waals surface area contributed by atoms with Crippen LogP contribution in [0.5, 0.6) is 0 Å². The normalized spacial score (nSPS) is 28.0. The van der Waals surface area contributed by atoms with Gasteiger partial charge in [0.2, 0.25) is 5.91 Å². The smallest absolute Gasteiger partial charge is 0.306 e. The molecule has 15 atom stereocenters. The molecule has 0 spiro atoms. The van der Waals surface area contributed by atoms with Crippen molar-refractivity contribution in [3.8, 4) is 0 Å². The van der Waals surface area contributed by atoms with Crippen molar-refractivity contribution < 1.29 is 110 Å². The van der Waals surface area contributed by atoms with Crippen LogP contribution in [0.3, 0.4) is 0 Å². The van der Waals surface area contributed by atoms with E-state index < -0.39 is 170 Å². The van der Waals surface area contributed by atoms with Gasteiger partial charge in [0.25, 0.3) is 11.8 Å². The quantitative estimate of drug-likeness (QED) is 0.0678. The summed E-state index contributed by atoms with van der Waals surface area (Å²) in [4.78, 5) is 135. The maximum absolute atomic E-state index is 14.7. The van der Waals surface area contributed by atoms with Gasteiger partial charge in [-0.2, -0.15) is 0 Å². The van der Waals surface area contributed by atoms with E-state index in [1.807, 2.05) is 37.3 Å². The predicted octanol–water partition coefficient (Wildman–Crippen LogP) is 3.86. The monoisotopic (exact) mass is 1210 g/mol.